The van der Waals surface area contributed by atoms with Crippen LogP contribution in [0.1, 0.15) is 79.6 Å². The molecule has 1 heterocycles. The molecule has 0 spiro atoms. The molecular formula is C21H26O3. The number of benzene rings is 1. The van der Waals surface area contributed by atoms with Crippen LogP contribution in [-0.2, 0) is 16.6 Å². The second-order valence-electron chi connectivity index (χ2n) is 8.37. The molecule has 1 aromatic rings. The summed E-state index contributed by atoms with van der Waals surface area (Å²) in [5.41, 5.74) is 4.15. The van der Waals surface area contributed by atoms with E-state index in [1.165, 1.54) is 11.1 Å². The van der Waals surface area contributed by atoms with Gasteiger partial charge in [-0.05, 0) is 61.1 Å². The van der Waals surface area contributed by atoms with E-state index in [4.69, 9.17) is 4.74 Å². The summed E-state index contributed by atoms with van der Waals surface area (Å²) >= 11 is 0. The first-order valence-electron chi connectivity index (χ1n) is 9.04. The highest BCUT2D eigenvalue weighted by atomic mass is 16.5. The van der Waals surface area contributed by atoms with Crippen molar-refractivity contribution in [3.63, 3.8) is 0 Å². The zero-order chi connectivity index (χ0) is 17.3. The van der Waals surface area contributed by atoms with E-state index in [-0.39, 0.29) is 22.9 Å². The van der Waals surface area contributed by atoms with Crippen LogP contribution >= 0.6 is 0 Å². The molecule has 0 saturated heterocycles. The van der Waals surface area contributed by atoms with Gasteiger partial charge in [-0.15, -0.1) is 0 Å². The highest BCUT2D eigenvalue weighted by Crippen LogP contribution is 2.59. The summed E-state index contributed by atoms with van der Waals surface area (Å²) in [6.07, 6.45) is 5.06. The number of aryl methyl sites for hydroxylation is 1. The number of esters is 1. The van der Waals surface area contributed by atoms with Crippen molar-refractivity contribution in [2.45, 2.75) is 64.4 Å². The molecule has 128 valence electrons. The monoisotopic (exact) mass is 326 g/mol. The fourth-order valence-corrected chi connectivity index (χ4v) is 5.68. The first-order chi connectivity index (χ1) is 11.3. The highest BCUT2D eigenvalue weighted by molar-refractivity contribution is 5.94. The lowest BCUT2D eigenvalue weighted by Crippen LogP contribution is -2.49. The van der Waals surface area contributed by atoms with E-state index in [0.717, 1.165) is 43.2 Å². The van der Waals surface area contributed by atoms with Gasteiger partial charge >= 0.3 is 5.97 Å². The van der Waals surface area contributed by atoms with E-state index in [2.05, 4.69) is 32.6 Å². The predicted octanol–water partition coefficient (Wildman–Crippen LogP) is 5.00. The van der Waals surface area contributed by atoms with Crippen LogP contribution in [0.25, 0.3) is 0 Å². The van der Waals surface area contributed by atoms with Gasteiger partial charge in [0.05, 0.1) is 11.3 Å². The largest absolute Gasteiger partial charge is 0.512 e. The molecule has 24 heavy (non-hydrogen) atoms. The van der Waals surface area contributed by atoms with Gasteiger partial charge in [0.15, 0.2) is 0 Å². The second kappa shape index (κ2) is 4.87. The second-order valence-corrected chi connectivity index (χ2v) is 8.37. The number of carbonyl (C=O) groups excluding carboxylic acids is 1. The van der Waals surface area contributed by atoms with Gasteiger partial charge < -0.3 is 9.84 Å². The Morgan fingerprint density at radius 2 is 2.08 bits per heavy atom. The average molecular weight is 326 g/mol. The molecule has 0 bridgehead atoms. The number of aliphatic hydroxyl groups is 1. The number of allylic oxidation sites excluding steroid dienone is 1. The Balaban J connectivity index is 1.87. The number of rotatable bonds is 1. The van der Waals surface area contributed by atoms with Gasteiger partial charge in [0.2, 0.25) is 0 Å². The third-order valence-electron chi connectivity index (χ3n) is 7.12. The molecule has 0 aromatic heterocycles. The van der Waals surface area contributed by atoms with Crippen LogP contribution in [0, 0.1) is 11.3 Å². The standard InChI is InChI=1S/C21H26O3/c1-12-15-10-14-6-7-18-20(3,13(2)22)8-5-9-21(18,4)17(14)11-16(15)19(23)24-12/h10-12,18,22H,2,5-9H2,1,3-4H3. The number of hydrogen-bond acceptors (Lipinski definition) is 3. The van der Waals surface area contributed by atoms with Gasteiger partial charge in [0.1, 0.15) is 6.10 Å². The van der Waals surface area contributed by atoms with E-state index in [1.807, 2.05) is 6.92 Å². The van der Waals surface area contributed by atoms with Gasteiger partial charge in [0, 0.05) is 11.0 Å². The van der Waals surface area contributed by atoms with Crippen molar-refractivity contribution >= 4 is 5.97 Å². The molecule has 2 aliphatic carbocycles. The summed E-state index contributed by atoms with van der Waals surface area (Å²) < 4.78 is 5.41. The van der Waals surface area contributed by atoms with Crippen LogP contribution in [0.3, 0.4) is 0 Å². The Kier molecular flexibility index (Phi) is 3.20. The zero-order valence-corrected chi connectivity index (χ0v) is 14.8. The van der Waals surface area contributed by atoms with Crippen molar-refractivity contribution in [2.24, 2.45) is 11.3 Å². The third-order valence-corrected chi connectivity index (χ3v) is 7.12. The van der Waals surface area contributed by atoms with Gasteiger partial charge in [-0.2, -0.15) is 0 Å². The SMILES string of the molecule is C=C(O)C1(C)CCCC2(C)c3cc4c(cc3CCC12)C(C)OC4=O. The minimum Gasteiger partial charge on any atom is -0.512 e. The van der Waals surface area contributed by atoms with E-state index < -0.39 is 0 Å². The molecule has 1 fully saturated rings. The Morgan fingerprint density at radius 1 is 1.33 bits per heavy atom. The van der Waals surface area contributed by atoms with Gasteiger partial charge in [-0.25, -0.2) is 4.79 Å². The maximum absolute atomic E-state index is 12.2. The first-order valence-corrected chi connectivity index (χ1v) is 9.04. The highest BCUT2D eigenvalue weighted by Gasteiger charge is 2.53. The van der Waals surface area contributed by atoms with E-state index >= 15 is 0 Å². The normalized spacial score (nSPS) is 37.2. The van der Waals surface area contributed by atoms with Crippen LogP contribution in [-0.4, -0.2) is 11.1 Å². The van der Waals surface area contributed by atoms with Gasteiger partial charge in [0.25, 0.3) is 0 Å². The van der Waals surface area contributed by atoms with Crippen LogP contribution in [0.4, 0.5) is 0 Å². The summed E-state index contributed by atoms with van der Waals surface area (Å²) in [6.45, 7) is 10.3. The van der Waals surface area contributed by atoms with Crippen molar-refractivity contribution in [2.75, 3.05) is 0 Å². The van der Waals surface area contributed by atoms with Crippen LogP contribution < -0.4 is 0 Å². The third kappa shape index (κ3) is 1.87. The quantitative estimate of drug-likeness (QED) is 0.583. The minimum absolute atomic E-state index is 0.0204. The maximum atomic E-state index is 12.2. The van der Waals surface area contributed by atoms with Crippen LogP contribution in [0.2, 0.25) is 0 Å². The van der Waals surface area contributed by atoms with Crippen LogP contribution in [0.5, 0.6) is 0 Å². The summed E-state index contributed by atoms with van der Waals surface area (Å²) in [6, 6.07) is 4.29. The van der Waals surface area contributed by atoms with Crippen molar-refractivity contribution < 1.29 is 14.6 Å². The lowest BCUT2D eigenvalue weighted by molar-refractivity contribution is 0.0236. The van der Waals surface area contributed by atoms with E-state index in [0.29, 0.717) is 11.7 Å². The lowest BCUT2D eigenvalue weighted by Gasteiger charge is -2.55. The zero-order valence-electron chi connectivity index (χ0n) is 14.8. The molecule has 1 aromatic carbocycles. The Bertz CT molecular complexity index is 750. The number of carbonyl (C=O) groups is 1. The molecule has 4 unspecified atom stereocenters. The molecule has 1 N–H and O–H groups in total. The smallest absolute Gasteiger partial charge is 0.339 e. The molecule has 0 amide bonds. The summed E-state index contributed by atoms with van der Waals surface area (Å²) in [5.74, 6) is 0.476. The minimum atomic E-state index is -0.239. The molecule has 3 aliphatic rings. The maximum Gasteiger partial charge on any atom is 0.339 e. The Labute approximate surface area is 143 Å². The molecule has 4 atom stereocenters. The molecular weight excluding hydrogens is 300 g/mol. The molecule has 4 rings (SSSR count). The molecule has 1 saturated carbocycles. The van der Waals surface area contributed by atoms with E-state index in [1.54, 1.807) is 0 Å². The number of hydrogen-bond donors (Lipinski definition) is 1. The van der Waals surface area contributed by atoms with Crippen LogP contribution in [0.15, 0.2) is 24.5 Å². The topological polar surface area (TPSA) is 46.5 Å². The van der Waals surface area contributed by atoms with Crippen molar-refractivity contribution in [3.8, 4) is 0 Å². The van der Waals surface area contributed by atoms with Gasteiger partial charge in [-0.1, -0.05) is 32.9 Å². The molecule has 1 aliphatic heterocycles. The molecule has 3 nitrogen and oxygen atoms in total. The molecule has 3 heteroatoms. The molecule has 0 radical (unpaired) electrons. The first kappa shape index (κ1) is 15.7. The van der Waals surface area contributed by atoms with Crippen molar-refractivity contribution in [1.82, 2.24) is 0 Å². The number of cyclic esters (lactones) is 1. The average Bonchev–Trinajstić information content (AvgIpc) is 2.80. The summed E-state index contributed by atoms with van der Waals surface area (Å²) in [7, 11) is 0. The number of ether oxygens (including phenoxy) is 1. The fourth-order valence-electron chi connectivity index (χ4n) is 5.68. The summed E-state index contributed by atoms with van der Waals surface area (Å²) in [4.78, 5) is 12.2. The van der Waals surface area contributed by atoms with Crippen molar-refractivity contribution in [1.29, 1.82) is 0 Å². The fraction of sp³-hybridized carbons (Fsp3) is 0.571. The number of aliphatic hydroxyl groups excluding tert-OH is 1. The van der Waals surface area contributed by atoms with Gasteiger partial charge in [-0.3, -0.25) is 0 Å². The number of fused-ring (bicyclic) bond motifs is 4. The van der Waals surface area contributed by atoms with E-state index in [9.17, 15) is 9.90 Å². The lowest BCUT2D eigenvalue weighted by atomic mass is 9.49. The Hall–Kier alpha value is -1.77. The van der Waals surface area contributed by atoms with Crippen molar-refractivity contribution in [3.05, 3.63) is 46.7 Å². The predicted molar refractivity (Wildman–Crippen MR) is 93.2 cm³/mol. The Morgan fingerprint density at radius 3 is 2.79 bits per heavy atom. The summed E-state index contributed by atoms with van der Waals surface area (Å²) in [5, 5.41) is 10.3.